The maximum absolute atomic E-state index is 13.2. The number of aromatic nitrogens is 2. The third-order valence-corrected chi connectivity index (χ3v) is 3.27. The van der Waals surface area contributed by atoms with Crippen molar-refractivity contribution in [2.45, 2.75) is 13.5 Å². The van der Waals surface area contributed by atoms with Gasteiger partial charge in [-0.25, -0.2) is 14.1 Å². The third kappa shape index (κ3) is 2.63. The van der Waals surface area contributed by atoms with E-state index < -0.39 is 0 Å². The highest BCUT2D eigenvalue weighted by molar-refractivity contribution is 5.77. The maximum Gasteiger partial charge on any atom is 0.279 e. The van der Waals surface area contributed by atoms with Gasteiger partial charge in [0.15, 0.2) is 0 Å². The van der Waals surface area contributed by atoms with Crippen molar-refractivity contribution in [3.05, 3.63) is 76.1 Å². The van der Waals surface area contributed by atoms with E-state index in [0.717, 1.165) is 5.56 Å². The first-order chi connectivity index (χ1) is 10.1. The monoisotopic (exact) mass is 283 g/mol. The molecule has 0 unspecified atom stereocenters. The first-order valence-electron chi connectivity index (χ1n) is 6.62. The van der Waals surface area contributed by atoms with Crippen LogP contribution in [0, 0.1) is 12.7 Å². The van der Waals surface area contributed by atoms with Gasteiger partial charge in [0.05, 0.1) is 17.4 Å². The van der Waals surface area contributed by atoms with Gasteiger partial charge in [-0.05, 0) is 36.8 Å². The van der Waals surface area contributed by atoms with Crippen LogP contribution < -0.4 is 11.0 Å². The molecule has 0 aliphatic heterocycles. The number of benzene rings is 2. The average Bonchev–Trinajstić information content (AvgIpc) is 2.47. The van der Waals surface area contributed by atoms with Crippen LogP contribution in [0.15, 0.2) is 53.3 Å². The molecule has 2 aromatic carbocycles. The van der Waals surface area contributed by atoms with E-state index in [0.29, 0.717) is 23.3 Å². The van der Waals surface area contributed by atoms with Crippen LogP contribution in [0.2, 0.25) is 0 Å². The number of aryl methyl sites for hydroxylation is 1. The largest absolute Gasteiger partial charge is 0.317 e. The predicted octanol–water partition coefficient (Wildman–Crippen LogP) is 2.59. The Morgan fingerprint density at radius 1 is 1.19 bits per heavy atom. The van der Waals surface area contributed by atoms with Crippen LogP contribution in [0.25, 0.3) is 10.9 Å². The summed E-state index contributed by atoms with van der Waals surface area (Å²) in [6.45, 7) is 2.10. The van der Waals surface area contributed by atoms with Gasteiger partial charge in [-0.3, -0.25) is 4.79 Å². The van der Waals surface area contributed by atoms with Crippen LogP contribution in [0.5, 0.6) is 0 Å². The minimum absolute atomic E-state index is 0.158. The third-order valence-electron chi connectivity index (χ3n) is 3.27. The van der Waals surface area contributed by atoms with Crippen molar-refractivity contribution < 1.29 is 4.39 Å². The van der Waals surface area contributed by atoms with Gasteiger partial charge >= 0.3 is 0 Å². The van der Waals surface area contributed by atoms with Gasteiger partial charge in [-0.1, -0.05) is 24.3 Å². The molecule has 5 heteroatoms. The molecule has 0 aliphatic carbocycles. The molecule has 1 aromatic heterocycles. The van der Waals surface area contributed by atoms with Gasteiger partial charge in [0.2, 0.25) is 0 Å². The molecule has 0 aliphatic rings. The maximum atomic E-state index is 13.2. The second-order valence-corrected chi connectivity index (χ2v) is 4.78. The molecule has 1 N–H and O–H groups in total. The SMILES string of the molecule is Cc1nc2ccccc2c(=O)n1NCc1cccc(F)c1. The van der Waals surface area contributed by atoms with Gasteiger partial charge in [0, 0.05) is 0 Å². The Kier molecular flexibility index (Phi) is 3.39. The zero-order valence-electron chi connectivity index (χ0n) is 11.5. The quantitative estimate of drug-likeness (QED) is 0.803. The molecule has 0 radical (unpaired) electrons. The Labute approximate surface area is 120 Å². The van der Waals surface area contributed by atoms with E-state index in [-0.39, 0.29) is 11.4 Å². The van der Waals surface area contributed by atoms with Gasteiger partial charge < -0.3 is 5.43 Å². The highest BCUT2D eigenvalue weighted by Crippen LogP contribution is 2.07. The van der Waals surface area contributed by atoms with Crippen LogP contribution in [0.1, 0.15) is 11.4 Å². The van der Waals surface area contributed by atoms with Crippen LogP contribution in [0.4, 0.5) is 4.39 Å². The zero-order chi connectivity index (χ0) is 14.8. The van der Waals surface area contributed by atoms with Crippen molar-refractivity contribution in [3.63, 3.8) is 0 Å². The molecule has 0 bridgehead atoms. The number of hydrogen-bond donors (Lipinski definition) is 1. The molecule has 0 atom stereocenters. The zero-order valence-corrected chi connectivity index (χ0v) is 11.5. The van der Waals surface area contributed by atoms with E-state index in [1.807, 2.05) is 6.07 Å². The van der Waals surface area contributed by atoms with Crippen molar-refractivity contribution in [2.75, 3.05) is 5.43 Å². The summed E-state index contributed by atoms with van der Waals surface area (Å²) in [5.74, 6) is 0.269. The first kappa shape index (κ1) is 13.3. The van der Waals surface area contributed by atoms with E-state index in [1.165, 1.54) is 16.8 Å². The van der Waals surface area contributed by atoms with Gasteiger partial charge in [0.25, 0.3) is 5.56 Å². The molecule has 1 heterocycles. The number of nitrogens with one attached hydrogen (secondary N) is 1. The molecule has 4 nitrogen and oxygen atoms in total. The molecular formula is C16H14FN3O. The molecule has 21 heavy (non-hydrogen) atoms. The van der Waals surface area contributed by atoms with E-state index in [4.69, 9.17) is 0 Å². The fourth-order valence-electron chi connectivity index (χ4n) is 2.25. The fraction of sp³-hybridized carbons (Fsp3) is 0.125. The summed E-state index contributed by atoms with van der Waals surface area (Å²) < 4.78 is 14.5. The lowest BCUT2D eigenvalue weighted by Gasteiger charge is -2.13. The number of nitrogens with zero attached hydrogens (tertiary/aromatic N) is 2. The van der Waals surface area contributed by atoms with E-state index in [2.05, 4.69) is 10.4 Å². The molecule has 3 aromatic rings. The van der Waals surface area contributed by atoms with Gasteiger partial charge in [0.1, 0.15) is 11.6 Å². The average molecular weight is 283 g/mol. The van der Waals surface area contributed by atoms with Crippen molar-refractivity contribution in [1.82, 2.24) is 9.66 Å². The molecule has 0 spiro atoms. The molecule has 0 fully saturated rings. The first-order valence-corrected chi connectivity index (χ1v) is 6.62. The lowest BCUT2D eigenvalue weighted by Crippen LogP contribution is -2.31. The summed E-state index contributed by atoms with van der Waals surface area (Å²) in [5.41, 5.74) is 4.26. The Morgan fingerprint density at radius 3 is 2.81 bits per heavy atom. The standard InChI is InChI=1S/C16H14FN3O/c1-11-19-15-8-3-2-7-14(15)16(21)20(11)18-10-12-5-4-6-13(17)9-12/h2-9,18H,10H2,1H3. The second-order valence-electron chi connectivity index (χ2n) is 4.78. The van der Waals surface area contributed by atoms with Crippen LogP contribution in [0.3, 0.4) is 0 Å². The number of rotatable bonds is 3. The molecule has 0 saturated heterocycles. The van der Waals surface area contributed by atoms with Gasteiger partial charge in [-0.2, -0.15) is 0 Å². The number of para-hydroxylation sites is 1. The van der Waals surface area contributed by atoms with Crippen molar-refractivity contribution in [1.29, 1.82) is 0 Å². The highest BCUT2D eigenvalue weighted by Gasteiger charge is 2.07. The minimum atomic E-state index is -0.296. The topological polar surface area (TPSA) is 46.9 Å². The lowest BCUT2D eigenvalue weighted by molar-refractivity contribution is 0.625. The number of fused-ring (bicyclic) bond motifs is 1. The summed E-state index contributed by atoms with van der Waals surface area (Å²) >= 11 is 0. The lowest BCUT2D eigenvalue weighted by atomic mass is 10.2. The summed E-state index contributed by atoms with van der Waals surface area (Å²) in [6, 6.07) is 13.5. The molecule has 0 saturated carbocycles. The van der Waals surface area contributed by atoms with Crippen LogP contribution in [-0.2, 0) is 6.54 Å². The minimum Gasteiger partial charge on any atom is -0.317 e. The van der Waals surface area contributed by atoms with Crippen LogP contribution >= 0.6 is 0 Å². The molecule has 3 rings (SSSR count). The van der Waals surface area contributed by atoms with E-state index in [1.54, 1.807) is 37.3 Å². The summed E-state index contributed by atoms with van der Waals surface area (Å²) in [7, 11) is 0. The van der Waals surface area contributed by atoms with Gasteiger partial charge in [-0.15, -0.1) is 0 Å². The Balaban J connectivity index is 1.95. The molecular weight excluding hydrogens is 269 g/mol. The highest BCUT2D eigenvalue weighted by atomic mass is 19.1. The Morgan fingerprint density at radius 2 is 2.00 bits per heavy atom. The molecule has 106 valence electrons. The van der Waals surface area contributed by atoms with E-state index in [9.17, 15) is 9.18 Å². The summed E-state index contributed by atoms with van der Waals surface area (Å²) in [5, 5.41) is 0.551. The Hall–Kier alpha value is -2.69. The van der Waals surface area contributed by atoms with Crippen molar-refractivity contribution in [2.24, 2.45) is 0 Å². The fourth-order valence-corrected chi connectivity index (χ4v) is 2.25. The van der Waals surface area contributed by atoms with E-state index >= 15 is 0 Å². The number of hydrogen-bond acceptors (Lipinski definition) is 3. The smallest absolute Gasteiger partial charge is 0.279 e. The van der Waals surface area contributed by atoms with Crippen LogP contribution in [-0.4, -0.2) is 9.66 Å². The normalized spacial score (nSPS) is 10.8. The predicted molar refractivity (Wildman–Crippen MR) is 80.2 cm³/mol. The van der Waals surface area contributed by atoms with Crippen molar-refractivity contribution >= 4 is 10.9 Å². The Bertz CT molecular complexity index is 858. The second kappa shape index (κ2) is 5.36. The number of halogens is 1. The van der Waals surface area contributed by atoms with Crippen molar-refractivity contribution in [3.8, 4) is 0 Å². The summed E-state index contributed by atoms with van der Waals surface area (Å²) in [4.78, 5) is 16.8. The summed E-state index contributed by atoms with van der Waals surface area (Å²) in [6.07, 6.45) is 0. The molecule has 0 amide bonds.